The first-order valence-corrected chi connectivity index (χ1v) is 8.61. The van der Waals surface area contributed by atoms with Crippen LogP contribution < -0.4 is 10.9 Å². The standard InChI is InChI=1S/C17H21FN6O/c1-2-14-20-21-15-10-23(7-8-24(14)15)17(25)13-9-19-22-16(13)11-3-5-12(18)6-4-11/h3-6,13,16,19,22H,2,7-10H2,1H3. The second-order valence-electron chi connectivity index (χ2n) is 6.46. The van der Waals surface area contributed by atoms with Crippen LogP contribution in [-0.4, -0.2) is 38.7 Å². The monoisotopic (exact) mass is 344 g/mol. The van der Waals surface area contributed by atoms with Crippen LogP contribution in [0.5, 0.6) is 0 Å². The summed E-state index contributed by atoms with van der Waals surface area (Å²) in [4.78, 5) is 14.9. The Bertz CT molecular complexity index is 774. The lowest BCUT2D eigenvalue weighted by molar-refractivity contribution is -0.137. The highest BCUT2D eigenvalue weighted by Gasteiger charge is 2.37. The van der Waals surface area contributed by atoms with Crippen molar-refractivity contribution in [3.05, 3.63) is 47.3 Å². The van der Waals surface area contributed by atoms with E-state index in [2.05, 4.69) is 32.5 Å². The van der Waals surface area contributed by atoms with Gasteiger partial charge in [-0.1, -0.05) is 19.1 Å². The highest BCUT2D eigenvalue weighted by Crippen LogP contribution is 2.28. The number of aromatic nitrogens is 3. The molecule has 3 heterocycles. The van der Waals surface area contributed by atoms with Crippen LogP contribution in [0.15, 0.2) is 24.3 Å². The molecule has 0 aliphatic carbocycles. The Labute approximate surface area is 145 Å². The van der Waals surface area contributed by atoms with Crippen LogP contribution in [0.4, 0.5) is 4.39 Å². The van der Waals surface area contributed by atoms with Crippen LogP contribution in [0.3, 0.4) is 0 Å². The summed E-state index contributed by atoms with van der Waals surface area (Å²) in [5.41, 5.74) is 7.11. The minimum atomic E-state index is -0.278. The molecule has 1 fully saturated rings. The topological polar surface area (TPSA) is 75.1 Å². The van der Waals surface area contributed by atoms with E-state index in [0.29, 0.717) is 19.6 Å². The number of nitrogens with zero attached hydrogens (tertiary/aromatic N) is 4. The van der Waals surface area contributed by atoms with Gasteiger partial charge in [0.25, 0.3) is 0 Å². The Morgan fingerprint density at radius 1 is 1.28 bits per heavy atom. The third-order valence-corrected chi connectivity index (χ3v) is 4.99. The summed E-state index contributed by atoms with van der Waals surface area (Å²) in [6.45, 7) is 4.47. The van der Waals surface area contributed by atoms with E-state index in [1.807, 2.05) is 4.90 Å². The van der Waals surface area contributed by atoms with Gasteiger partial charge in [-0.3, -0.25) is 10.2 Å². The van der Waals surface area contributed by atoms with Gasteiger partial charge in [0.15, 0.2) is 5.82 Å². The number of benzene rings is 1. The van der Waals surface area contributed by atoms with E-state index in [4.69, 9.17) is 0 Å². The average molecular weight is 344 g/mol. The summed E-state index contributed by atoms with van der Waals surface area (Å²) in [5.74, 6) is 1.38. The number of hydrogen-bond donors (Lipinski definition) is 2. The van der Waals surface area contributed by atoms with Crippen LogP contribution in [0.2, 0.25) is 0 Å². The highest BCUT2D eigenvalue weighted by molar-refractivity contribution is 5.80. The number of carbonyl (C=O) groups is 1. The molecule has 4 rings (SSSR count). The van der Waals surface area contributed by atoms with E-state index < -0.39 is 0 Å². The number of aryl methyl sites for hydroxylation is 1. The largest absolute Gasteiger partial charge is 0.333 e. The van der Waals surface area contributed by atoms with Gasteiger partial charge in [0, 0.05) is 26.1 Å². The van der Waals surface area contributed by atoms with Gasteiger partial charge >= 0.3 is 0 Å². The molecule has 7 nitrogen and oxygen atoms in total. The Morgan fingerprint density at radius 2 is 2.08 bits per heavy atom. The van der Waals surface area contributed by atoms with Crippen LogP contribution >= 0.6 is 0 Å². The van der Waals surface area contributed by atoms with Gasteiger partial charge in [-0.25, -0.2) is 9.82 Å². The van der Waals surface area contributed by atoms with Crippen molar-refractivity contribution in [1.29, 1.82) is 0 Å². The minimum Gasteiger partial charge on any atom is -0.333 e. The molecule has 2 unspecified atom stereocenters. The molecule has 2 N–H and O–H groups in total. The molecule has 0 saturated carbocycles. The lowest BCUT2D eigenvalue weighted by atomic mass is 9.93. The van der Waals surface area contributed by atoms with E-state index in [1.165, 1.54) is 12.1 Å². The molecule has 132 valence electrons. The molecule has 1 aromatic heterocycles. The van der Waals surface area contributed by atoms with Crippen molar-refractivity contribution < 1.29 is 9.18 Å². The second-order valence-corrected chi connectivity index (χ2v) is 6.46. The number of hydrogen-bond acceptors (Lipinski definition) is 5. The summed E-state index contributed by atoms with van der Waals surface area (Å²) in [6, 6.07) is 6.12. The van der Waals surface area contributed by atoms with Gasteiger partial charge in [0.1, 0.15) is 11.6 Å². The highest BCUT2D eigenvalue weighted by atomic mass is 19.1. The average Bonchev–Trinajstić information content (AvgIpc) is 3.28. The number of carbonyl (C=O) groups excluding carboxylic acids is 1. The normalized spacial score (nSPS) is 22.9. The molecule has 0 spiro atoms. The van der Waals surface area contributed by atoms with Gasteiger partial charge in [0.05, 0.1) is 18.5 Å². The molecule has 8 heteroatoms. The molecule has 2 aliphatic heterocycles. The molecule has 2 aromatic rings. The minimum absolute atomic E-state index is 0.0825. The summed E-state index contributed by atoms with van der Waals surface area (Å²) in [5, 5.41) is 8.41. The van der Waals surface area contributed by atoms with Crippen molar-refractivity contribution in [3.8, 4) is 0 Å². The fraction of sp³-hybridized carbons (Fsp3) is 0.471. The molecular formula is C17H21FN6O. The van der Waals surface area contributed by atoms with E-state index in [1.54, 1.807) is 12.1 Å². The maximum Gasteiger partial charge on any atom is 0.229 e. The van der Waals surface area contributed by atoms with Crippen molar-refractivity contribution in [1.82, 2.24) is 30.5 Å². The fourth-order valence-electron chi connectivity index (χ4n) is 3.62. The van der Waals surface area contributed by atoms with Crippen molar-refractivity contribution in [2.45, 2.75) is 32.5 Å². The SMILES string of the molecule is CCc1nnc2n1CCN(C(=O)C1CNNC1c1ccc(F)cc1)C2. The lowest BCUT2D eigenvalue weighted by Crippen LogP contribution is -2.43. The van der Waals surface area contributed by atoms with Crippen LogP contribution in [0, 0.1) is 11.7 Å². The van der Waals surface area contributed by atoms with Crippen molar-refractivity contribution in [3.63, 3.8) is 0 Å². The number of nitrogens with one attached hydrogen (secondary N) is 2. The number of rotatable bonds is 3. The summed E-state index contributed by atoms with van der Waals surface area (Å²) >= 11 is 0. The third-order valence-electron chi connectivity index (χ3n) is 4.99. The van der Waals surface area contributed by atoms with Crippen molar-refractivity contribution >= 4 is 5.91 Å². The van der Waals surface area contributed by atoms with Crippen LogP contribution in [0.1, 0.15) is 30.2 Å². The maximum atomic E-state index is 13.2. The first-order chi connectivity index (χ1) is 12.2. The van der Waals surface area contributed by atoms with E-state index in [9.17, 15) is 9.18 Å². The Balaban J connectivity index is 1.51. The predicted molar refractivity (Wildman–Crippen MR) is 88.6 cm³/mol. The zero-order chi connectivity index (χ0) is 17.4. The maximum absolute atomic E-state index is 13.2. The zero-order valence-electron chi connectivity index (χ0n) is 14.1. The van der Waals surface area contributed by atoms with E-state index in [-0.39, 0.29) is 23.7 Å². The number of amides is 1. The molecule has 1 saturated heterocycles. The first kappa shape index (κ1) is 16.2. The molecule has 25 heavy (non-hydrogen) atoms. The molecule has 2 atom stereocenters. The quantitative estimate of drug-likeness (QED) is 0.861. The number of fused-ring (bicyclic) bond motifs is 1. The second kappa shape index (κ2) is 6.53. The predicted octanol–water partition coefficient (Wildman–Crippen LogP) is 0.787. The Kier molecular flexibility index (Phi) is 4.22. The summed E-state index contributed by atoms with van der Waals surface area (Å²) in [7, 11) is 0. The zero-order valence-corrected chi connectivity index (χ0v) is 14.1. The van der Waals surface area contributed by atoms with E-state index in [0.717, 1.165) is 30.2 Å². The molecule has 1 aromatic carbocycles. The van der Waals surface area contributed by atoms with Crippen LogP contribution in [-0.2, 0) is 24.3 Å². The molecule has 0 radical (unpaired) electrons. The Morgan fingerprint density at radius 3 is 2.84 bits per heavy atom. The molecule has 0 bridgehead atoms. The summed E-state index contributed by atoms with van der Waals surface area (Å²) in [6.07, 6.45) is 0.837. The number of hydrazine groups is 1. The summed E-state index contributed by atoms with van der Waals surface area (Å²) < 4.78 is 15.3. The lowest BCUT2D eigenvalue weighted by Gasteiger charge is -2.31. The van der Waals surface area contributed by atoms with Crippen molar-refractivity contribution in [2.24, 2.45) is 5.92 Å². The van der Waals surface area contributed by atoms with Gasteiger partial charge in [-0.15, -0.1) is 10.2 Å². The van der Waals surface area contributed by atoms with Gasteiger partial charge in [0.2, 0.25) is 5.91 Å². The van der Waals surface area contributed by atoms with Gasteiger partial charge in [-0.05, 0) is 17.7 Å². The van der Waals surface area contributed by atoms with E-state index >= 15 is 0 Å². The van der Waals surface area contributed by atoms with Gasteiger partial charge in [-0.2, -0.15) is 0 Å². The van der Waals surface area contributed by atoms with Gasteiger partial charge < -0.3 is 9.47 Å². The Hall–Kier alpha value is -2.32. The molecule has 1 amide bonds. The fourth-order valence-corrected chi connectivity index (χ4v) is 3.62. The van der Waals surface area contributed by atoms with Crippen molar-refractivity contribution in [2.75, 3.05) is 13.1 Å². The first-order valence-electron chi connectivity index (χ1n) is 8.61. The molecular weight excluding hydrogens is 323 g/mol. The third kappa shape index (κ3) is 2.91. The van der Waals surface area contributed by atoms with Crippen LogP contribution in [0.25, 0.3) is 0 Å². The number of halogens is 1. The smallest absolute Gasteiger partial charge is 0.229 e. The molecule has 2 aliphatic rings.